The summed E-state index contributed by atoms with van der Waals surface area (Å²) in [6, 6.07) is 0. The maximum absolute atomic E-state index is 9.37. The van der Waals surface area contributed by atoms with Gasteiger partial charge in [-0.2, -0.15) is 6.92 Å². The van der Waals surface area contributed by atoms with Crippen molar-refractivity contribution in [3.05, 3.63) is 6.92 Å². The first-order valence-corrected chi connectivity index (χ1v) is 2.20. The fraction of sp³-hybridized carbons (Fsp3) is 0.600. The third kappa shape index (κ3) is 27.5. The first-order valence-electron chi connectivity index (χ1n) is 2.20. The quantitative estimate of drug-likeness (QED) is 0.351. The van der Waals surface area contributed by atoms with Crippen molar-refractivity contribution in [2.75, 3.05) is 0 Å². The van der Waals surface area contributed by atoms with E-state index in [0.29, 0.717) is 0 Å². The minimum absolute atomic E-state index is 0. The molecule has 0 amide bonds. The Kier molecular flexibility index (Phi) is 31.5. The molecule has 2 nitrogen and oxygen atoms in total. The fourth-order valence-corrected chi connectivity index (χ4v) is 0. The molecule has 0 atom stereocenters. The molecule has 3 heteroatoms. The maximum atomic E-state index is 9.37. The Morgan fingerprint density at radius 3 is 1.75 bits per heavy atom. The van der Waals surface area contributed by atoms with Crippen molar-refractivity contribution in [1.82, 2.24) is 0 Å². The van der Waals surface area contributed by atoms with E-state index in [1.165, 1.54) is 0 Å². The average Bonchev–Trinajstić information content (AvgIpc) is 1.73. The summed E-state index contributed by atoms with van der Waals surface area (Å²) in [6.45, 7) is 6.60. The zero-order valence-corrected chi connectivity index (χ0v) is 8.89. The van der Waals surface area contributed by atoms with Gasteiger partial charge in [0.25, 0.3) is 0 Å². The van der Waals surface area contributed by atoms with Gasteiger partial charge >= 0.3 is 57.4 Å². The largest absolute Gasteiger partial charge is 1.00 e. The van der Waals surface area contributed by atoms with E-state index in [2.05, 4.69) is 6.92 Å². The van der Waals surface area contributed by atoms with Crippen molar-refractivity contribution in [2.45, 2.75) is 20.3 Å². The first-order chi connectivity index (χ1) is 3.27. The molecule has 0 fully saturated rings. The molecule has 0 rings (SSSR count). The molecule has 0 spiro atoms. The second kappa shape index (κ2) is 15.7. The van der Waals surface area contributed by atoms with Gasteiger partial charge in [-0.15, -0.1) is 0 Å². The molecule has 0 radical (unpaired) electrons. The second-order valence-corrected chi connectivity index (χ2v) is 0.747. The molecule has 0 aliphatic rings. The molecule has 0 aromatic rings. The molecule has 0 aromatic heterocycles. The summed E-state index contributed by atoms with van der Waals surface area (Å²) in [4.78, 5) is 9.37. The number of carboxylic acid groups (broad SMARTS) is 1. The van der Waals surface area contributed by atoms with Crippen LogP contribution in [0.25, 0.3) is 0 Å². The number of hydrogen-bond donors (Lipinski definition) is 1. The van der Waals surface area contributed by atoms with Gasteiger partial charge in [0.2, 0.25) is 0 Å². The van der Waals surface area contributed by atoms with Crippen LogP contribution in [-0.4, -0.2) is 11.1 Å². The number of aliphatic carboxylic acids is 1. The Bertz CT molecular complexity index is 45.7. The smallest absolute Gasteiger partial charge is 0.481 e. The van der Waals surface area contributed by atoms with Crippen molar-refractivity contribution < 1.29 is 61.3 Å². The van der Waals surface area contributed by atoms with Crippen molar-refractivity contribution >= 4 is 5.97 Å². The van der Waals surface area contributed by atoms with E-state index in [-0.39, 0.29) is 57.8 Å². The van der Waals surface area contributed by atoms with Crippen LogP contribution in [0.2, 0.25) is 0 Å². The molecule has 0 saturated heterocycles. The van der Waals surface area contributed by atoms with Crippen molar-refractivity contribution in [2.24, 2.45) is 0 Å². The summed E-state index contributed by atoms with van der Waals surface area (Å²) in [6.07, 6.45) is 0.222. The van der Waals surface area contributed by atoms with Gasteiger partial charge in [-0.25, -0.2) is 0 Å². The van der Waals surface area contributed by atoms with E-state index < -0.39 is 5.97 Å². The third-order valence-corrected chi connectivity index (χ3v) is 0.302. The van der Waals surface area contributed by atoms with Crippen LogP contribution >= 0.6 is 0 Å². The van der Waals surface area contributed by atoms with Crippen LogP contribution in [0.15, 0.2) is 0 Å². The molecule has 0 aromatic carbocycles. The number of hydrogen-bond acceptors (Lipinski definition) is 1. The number of carbonyl (C=O) groups is 1. The average molecular weight is 142 g/mol. The van der Waals surface area contributed by atoms with Crippen LogP contribution in [-0.2, 0) is 4.79 Å². The molecule has 44 valence electrons. The predicted molar refractivity (Wildman–Crippen MR) is 29.0 cm³/mol. The maximum Gasteiger partial charge on any atom is 1.00 e. The third-order valence-electron chi connectivity index (χ3n) is 0.302. The van der Waals surface area contributed by atoms with Crippen molar-refractivity contribution in [3.63, 3.8) is 0 Å². The number of carboxylic acids is 1. The second-order valence-electron chi connectivity index (χ2n) is 0.747. The Hall–Kier alpha value is 1.11. The van der Waals surface area contributed by atoms with E-state index in [4.69, 9.17) is 5.11 Å². The molecule has 0 aliphatic carbocycles. The van der Waals surface area contributed by atoms with Crippen LogP contribution in [0, 0.1) is 6.92 Å². The topological polar surface area (TPSA) is 37.3 Å². The van der Waals surface area contributed by atoms with Crippen molar-refractivity contribution in [1.29, 1.82) is 0 Å². The van der Waals surface area contributed by atoms with Crippen LogP contribution in [0.1, 0.15) is 20.3 Å². The van der Waals surface area contributed by atoms with Crippen LogP contribution in [0.5, 0.6) is 0 Å². The SMILES string of the molecule is CCC(=O)O.[CH2-]C.[K+]. The summed E-state index contributed by atoms with van der Waals surface area (Å²) < 4.78 is 0. The minimum Gasteiger partial charge on any atom is -0.481 e. The van der Waals surface area contributed by atoms with E-state index in [0.717, 1.165) is 0 Å². The van der Waals surface area contributed by atoms with Gasteiger partial charge in [0.05, 0.1) is 0 Å². The first kappa shape index (κ1) is 16.0. The Morgan fingerprint density at radius 2 is 1.75 bits per heavy atom. The predicted octanol–water partition coefficient (Wildman–Crippen LogP) is -1.67. The Labute approximate surface area is 93.1 Å². The van der Waals surface area contributed by atoms with Crippen molar-refractivity contribution in [3.8, 4) is 0 Å². The zero-order valence-electron chi connectivity index (χ0n) is 5.77. The minimum atomic E-state index is -0.745. The van der Waals surface area contributed by atoms with Gasteiger partial charge in [0, 0.05) is 6.42 Å². The van der Waals surface area contributed by atoms with E-state index in [9.17, 15) is 4.79 Å². The van der Waals surface area contributed by atoms with Crippen LogP contribution in [0.4, 0.5) is 0 Å². The normalized spacial score (nSPS) is 5.38. The monoisotopic (exact) mass is 142 g/mol. The van der Waals surface area contributed by atoms with Gasteiger partial charge in [0.15, 0.2) is 0 Å². The molecular formula is C5H11KO2. The molecule has 8 heavy (non-hydrogen) atoms. The summed E-state index contributed by atoms with van der Waals surface area (Å²) in [5, 5.41) is 7.72. The summed E-state index contributed by atoms with van der Waals surface area (Å²) in [7, 11) is 0. The van der Waals surface area contributed by atoms with E-state index in [1.54, 1.807) is 13.8 Å². The summed E-state index contributed by atoms with van der Waals surface area (Å²) >= 11 is 0. The Balaban J connectivity index is -0.0000000750. The van der Waals surface area contributed by atoms with Gasteiger partial charge < -0.3 is 12.0 Å². The van der Waals surface area contributed by atoms with Crippen LogP contribution < -0.4 is 51.4 Å². The van der Waals surface area contributed by atoms with E-state index in [1.807, 2.05) is 0 Å². The Morgan fingerprint density at radius 1 is 1.62 bits per heavy atom. The van der Waals surface area contributed by atoms with E-state index >= 15 is 0 Å². The zero-order chi connectivity index (χ0) is 6.28. The summed E-state index contributed by atoms with van der Waals surface area (Å²) in [5.74, 6) is -0.745. The van der Waals surface area contributed by atoms with Crippen LogP contribution in [0.3, 0.4) is 0 Å². The molecule has 0 unspecified atom stereocenters. The molecule has 0 bridgehead atoms. The van der Waals surface area contributed by atoms with Gasteiger partial charge in [-0.05, 0) is 0 Å². The van der Waals surface area contributed by atoms with Gasteiger partial charge in [-0.3, -0.25) is 4.79 Å². The number of rotatable bonds is 1. The standard InChI is InChI=1S/C3H6O2.C2H5.K/c1-2-3(4)5;1-2;/h2H2,1H3,(H,4,5);1H2,2H3;/q;-1;+1. The molecule has 0 saturated carbocycles. The molecular weight excluding hydrogens is 131 g/mol. The molecule has 0 aliphatic heterocycles. The molecule has 0 heterocycles. The molecule has 1 N–H and O–H groups in total. The summed E-state index contributed by atoms with van der Waals surface area (Å²) in [5.41, 5.74) is 0. The fourth-order valence-electron chi connectivity index (χ4n) is 0. The van der Waals surface area contributed by atoms with Gasteiger partial charge in [-0.1, -0.05) is 6.92 Å². The van der Waals surface area contributed by atoms with Gasteiger partial charge in [0.1, 0.15) is 0 Å².